The van der Waals surface area contributed by atoms with Gasteiger partial charge in [0.05, 0.1) is 33.3 Å². The van der Waals surface area contributed by atoms with Gasteiger partial charge in [-0.2, -0.15) is 0 Å². The molecule has 12 aromatic rings. The molecule has 4 heterocycles. The number of benzene rings is 9. The van der Waals surface area contributed by atoms with E-state index in [-0.39, 0.29) is 0 Å². The Kier molecular flexibility index (Phi) is 6.91. The summed E-state index contributed by atoms with van der Waals surface area (Å²) in [7, 11) is 0. The zero-order chi connectivity index (χ0) is 38.6. The fourth-order valence-electron chi connectivity index (χ4n) is 9.53. The molecule has 274 valence electrons. The summed E-state index contributed by atoms with van der Waals surface area (Å²) in [5.74, 6) is 0.662. The number of nitrogens with zero attached hydrogens (tertiary/aromatic N) is 4. The first kappa shape index (κ1) is 32.6. The summed E-state index contributed by atoms with van der Waals surface area (Å²) in [5, 5.41) is 8.55. The highest BCUT2D eigenvalue weighted by molar-refractivity contribution is 7.99. The number of hydrogen-bond donors (Lipinski definition) is 0. The number of rotatable bonds is 4. The van der Waals surface area contributed by atoms with Crippen molar-refractivity contribution in [3.63, 3.8) is 0 Å². The van der Waals surface area contributed by atoms with Crippen molar-refractivity contribution in [2.24, 2.45) is 0 Å². The molecule has 0 unspecified atom stereocenters. The first-order chi connectivity index (χ1) is 29.3. The van der Waals surface area contributed by atoms with Gasteiger partial charge in [0.1, 0.15) is 0 Å². The SMILES string of the molecule is c1ccc(-c2nc(-n3c4ccccc4c4cc(-c5ccc6c7c8cccc9c8c(cc7n(-c7ccccc7)c6c5)Sc5ccccc5-9)ccc43)nc3ccccc23)cc1. The molecule has 0 saturated heterocycles. The molecule has 59 heavy (non-hydrogen) atoms. The van der Waals surface area contributed by atoms with Gasteiger partial charge in [0.25, 0.3) is 0 Å². The number of hydrogen-bond acceptors (Lipinski definition) is 3. The van der Waals surface area contributed by atoms with Crippen LogP contribution in [0.5, 0.6) is 0 Å². The lowest BCUT2D eigenvalue weighted by atomic mass is 9.94. The van der Waals surface area contributed by atoms with Crippen molar-refractivity contribution >= 4 is 77.0 Å². The predicted molar refractivity (Wildman–Crippen MR) is 246 cm³/mol. The van der Waals surface area contributed by atoms with Crippen LogP contribution in [0, 0.1) is 0 Å². The van der Waals surface area contributed by atoms with E-state index >= 15 is 0 Å². The van der Waals surface area contributed by atoms with Gasteiger partial charge in [0, 0.05) is 53.4 Å². The number of fused-ring (bicyclic) bond motifs is 10. The van der Waals surface area contributed by atoms with Crippen LogP contribution >= 0.6 is 11.8 Å². The van der Waals surface area contributed by atoms with E-state index in [0.717, 1.165) is 49.8 Å². The van der Waals surface area contributed by atoms with Crippen LogP contribution in [-0.2, 0) is 0 Å². The smallest absolute Gasteiger partial charge is 0.235 e. The van der Waals surface area contributed by atoms with E-state index in [1.54, 1.807) is 0 Å². The normalized spacial score (nSPS) is 12.3. The lowest BCUT2D eigenvalue weighted by Gasteiger charge is -2.21. The maximum Gasteiger partial charge on any atom is 0.235 e. The summed E-state index contributed by atoms with van der Waals surface area (Å²) in [6, 6.07) is 70.1. The van der Waals surface area contributed by atoms with Crippen molar-refractivity contribution in [3.05, 3.63) is 194 Å². The van der Waals surface area contributed by atoms with E-state index in [4.69, 9.17) is 9.97 Å². The molecule has 3 aromatic heterocycles. The minimum Gasteiger partial charge on any atom is -0.309 e. The summed E-state index contributed by atoms with van der Waals surface area (Å²) in [6.07, 6.45) is 0. The Balaban J connectivity index is 1.04. The van der Waals surface area contributed by atoms with Crippen molar-refractivity contribution < 1.29 is 0 Å². The van der Waals surface area contributed by atoms with Gasteiger partial charge in [-0.15, -0.1) is 0 Å². The monoisotopic (exact) mass is 768 g/mol. The van der Waals surface area contributed by atoms with Crippen LogP contribution in [0.1, 0.15) is 0 Å². The zero-order valence-corrected chi connectivity index (χ0v) is 32.5. The van der Waals surface area contributed by atoms with Crippen LogP contribution in [0.4, 0.5) is 0 Å². The van der Waals surface area contributed by atoms with Gasteiger partial charge in [-0.3, -0.25) is 4.57 Å². The van der Waals surface area contributed by atoms with Crippen molar-refractivity contribution in [1.82, 2.24) is 19.1 Å². The van der Waals surface area contributed by atoms with E-state index in [9.17, 15) is 0 Å². The van der Waals surface area contributed by atoms with Gasteiger partial charge in [-0.1, -0.05) is 151 Å². The van der Waals surface area contributed by atoms with E-state index in [1.165, 1.54) is 64.4 Å². The van der Waals surface area contributed by atoms with E-state index in [1.807, 2.05) is 23.9 Å². The maximum absolute atomic E-state index is 5.29. The second-order valence-corrected chi connectivity index (χ2v) is 16.4. The summed E-state index contributed by atoms with van der Waals surface area (Å²) >= 11 is 1.88. The molecule has 0 saturated carbocycles. The lowest BCUT2D eigenvalue weighted by molar-refractivity contribution is 1.01. The van der Waals surface area contributed by atoms with Gasteiger partial charge >= 0.3 is 0 Å². The van der Waals surface area contributed by atoms with Crippen LogP contribution in [0.15, 0.2) is 204 Å². The number of para-hydroxylation sites is 3. The third-order valence-corrected chi connectivity index (χ3v) is 13.2. The van der Waals surface area contributed by atoms with Crippen molar-refractivity contribution in [1.29, 1.82) is 0 Å². The van der Waals surface area contributed by atoms with Crippen LogP contribution in [0.2, 0.25) is 0 Å². The Hall–Kier alpha value is -7.47. The molecule has 0 amide bonds. The highest BCUT2D eigenvalue weighted by Gasteiger charge is 2.24. The van der Waals surface area contributed by atoms with Crippen molar-refractivity contribution in [2.75, 3.05) is 0 Å². The van der Waals surface area contributed by atoms with Crippen LogP contribution in [0.3, 0.4) is 0 Å². The molecule has 0 radical (unpaired) electrons. The van der Waals surface area contributed by atoms with Gasteiger partial charge in [0.15, 0.2) is 0 Å². The maximum atomic E-state index is 5.29. The zero-order valence-electron chi connectivity index (χ0n) is 31.7. The van der Waals surface area contributed by atoms with Gasteiger partial charge in [0.2, 0.25) is 5.95 Å². The molecule has 4 nitrogen and oxygen atoms in total. The van der Waals surface area contributed by atoms with Crippen molar-refractivity contribution in [3.8, 4) is 45.1 Å². The van der Waals surface area contributed by atoms with Gasteiger partial charge in [-0.05, 0) is 82.2 Å². The first-order valence-corrected chi connectivity index (χ1v) is 20.8. The first-order valence-electron chi connectivity index (χ1n) is 20.0. The molecule has 0 aliphatic carbocycles. The minimum absolute atomic E-state index is 0.662. The average Bonchev–Trinajstić information content (AvgIpc) is 3.81. The lowest BCUT2D eigenvalue weighted by Crippen LogP contribution is -2.03. The minimum atomic E-state index is 0.662. The molecular formula is C54H32N4S. The Bertz CT molecular complexity index is 3700. The summed E-state index contributed by atoms with van der Waals surface area (Å²) < 4.78 is 4.69. The highest BCUT2D eigenvalue weighted by Crippen LogP contribution is 2.51. The molecule has 9 aromatic carbocycles. The summed E-state index contributed by atoms with van der Waals surface area (Å²) in [4.78, 5) is 13.1. The molecule has 0 atom stereocenters. The topological polar surface area (TPSA) is 35.6 Å². The van der Waals surface area contributed by atoms with Crippen LogP contribution in [0.25, 0.3) is 110 Å². The predicted octanol–water partition coefficient (Wildman–Crippen LogP) is 14.4. The second kappa shape index (κ2) is 12.5. The van der Waals surface area contributed by atoms with E-state index < -0.39 is 0 Å². The fourth-order valence-corrected chi connectivity index (χ4v) is 10.7. The molecule has 1 aliphatic heterocycles. The Morgan fingerprint density at radius 1 is 0.356 bits per heavy atom. The third kappa shape index (κ3) is 4.80. The van der Waals surface area contributed by atoms with E-state index in [2.05, 4.69) is 191 Å². The molecule has 0 spiro atoms. The Morgan fingerprint density at radius 2 is 1.05 bits per heavy atom. The average molecular weight is 769 g/mol. The molecule has 5 heteroatoms. The van der Waals surface area contributed by atoms with E-state index in [0.29, 0.717) is 5.95 Å². The van der Waals surface area contributed by atoms with Crippen molar-refractivity contribution in [2.45, 2.75) is 9.79 Å². The number of aromatic nitrogens is 4. The fraction of sp³-hybridized carbons (Fsp3) is 0. The third-order valence-electron chi connectivity index (χ3n) is 12.1. The summed E-state index contributed by atoms with van der Waals surface area (Å²) in [6.45, 7) is 0. The van der Waals surface area contributed by atoms with Crippen LogP contribution < -0.4 is 0 Å². The largest absolute Gasteiger partial charge is 0.309 e. The highest BCUT2D eigenvalue weighted by atomic mass is 32.2. The standard InChI is InChI=1S/C54H32N4S/c1-3-14-33(15-4-1)53-40-20-7-10-23-44(40)55-54(56-53)58-45-24-11-8-18-37(45)43-30-34(27-29-46(43)58)35-26-28-41-47(31-35)57(36-16-5-2-6-17-36)48-32-50-52-39(21-13-22-42(52)51(41)48)38-19-9-12-25-49(38)59-50/h1-32H. The molecule has 13 rings (SSSR count). The molecule has 1 aliphatic rings. The Labute approximate surface area is 343 Å². The van der Waals surface area contributed by atoms with Gasteiger partial charge in [-0.25, -0.2) is 9.97 Å². The van der Waals surface area contributed by atoms with Gasteiger partial charge < -0.3 is 4.57 Å². The Morgan fingerprint density at radius 3 is 1.95 bits per heavy atom. The molecule has 0 N–H and O–H groups in total. The quantitative estimate of drug-likeness (QED) is 0.179. The molecule has 0 fully saturated rings. The second-order valence-electron chi connectivity index (χ2n) is 15.3. The molecular weight excluding hydrogens is 737 g/mol. The van der Waals surface area contributed by atoms with Crippen LogP contribution in [-0.4, -0.2) is 19.1 Å². The summed E-state index contributed by atoms with van der Waals surface area (Å²) in [5.41, 5.74) is 13.6. The molecule has 0 bridgehead atoms.